The van der Waals surface area contributed by atoms with Crippen LogP contribution in [0.4, 0.5) is 4.79 Å². The number of alkyl carbamates (subject to hydrolysis) is 1. The summed E-state index contributed by atoms with van der Waals surface area (Å²) in [5, 5.41) is 18.3. The fourth-order valence-corrected chi connectivity index (χ4v) is 5.41. The maximum atomic E-state index is 12.3. The molecule has 5 N–H and O–H groups in total. The molecule has 0 bridgehead atoms. The van der Waals surface area contributed by atoms with Crippen molar-refractivity contribution in [1.82, 2.24) is 21.3 Å². The van der Waals surface area contributed by atoms with Gasteiger partial charge < -0.3 is 69.0 Å². The van der Waals surface area contributed by atoms with Crippen LogP contribution in [-0.4, -0.2) is 173 Å². The average Bonchev–Trinajstić information content (AvgIpc) is 3.56. The number of carboxylic acids is 1. The lowest BCUT2D eigenvalue weighted by Gasteiger charge is -2.14. The van der Waals surface area contributed by atoms with E-state index in [1.165, 1.54) is 0 Å². The van der Waals surface area contributed by atoms with Crippen molar-refractivity contribution in [2.75, 3.05) is 138 Å². The van der Waals surface area contributed by atoms with Gasteiger partial charge >= 0.3 is 12.1 Å². The topological polar surface area (TPSA) is 237 Å². The molecule has 0 saturated carbocycles. The van der Waals surface area contributed by atoms with Crippen LogP contribution in [0.3, 0.4) is 0 Å². The minimum absolute atomic E-state index is 0.0211. The fourth-order valence-electron chi connectivity index (χ4n) is 5.41. The number of benzene rings is 2. The number of rotatable bonds is 35. The van der Waals surface area contributed by atoms with E-state index < -0.39 is 29.8 Å². The highest BCUT2D eigenvalue weighted by atomic mass is 16.6. The van der Waals surface area contributed by atoms with E-state index in [0.717, 1.165) is 22.3 Å². The van der Waals surface area contributed by atoms with Crippen LogP contribution in [0, 0.1) is 0 Å². The Kier molecular flexibility index (Phi) is 25.7. The predicted octanol–water partition coefficient (Wildman–Crippen LogP) is 0.481. The second-order valence-corrected chi connectivity index (χ2v) is 12.6. The molecule has 0 spiro atoms. The molecule has 0 heterocycles. The highest BCUT2D eigenvalue weighted by Crippen LogP contribution is 2.44. The first-order chi connectivity index (χ1) is 28.8. The first-order valence-electron chi connectivity index (χ1n) is 19.6. The zero-order valence-corrected chi connectivity index (χ0v) is 33.4. The molecule has 0 saturated heterocycles. The number of carbonyl (C=O) groups is 5. The van der Waals surface area contributed by atoms with Crippen LogP contribution in [-0.2, 0) is 61.8 Å². The van der Waals surface area contributed by atoms with Crippen LogP contribution in [0.25, 0.3) is 11.1 Å². The van der Waals surface area contributed by atoms with Gasteiger partial charge in [0.2, 0.25) is 17.7 Å². The van der Waals surface area contributed by atoms with Crippen molar-refractivity contribution in [2.24, 2.45) is 0 Å². The van der Waals surface area contributed by atoms with E-state index in [4.69, 9.17) is 47.7 Å². The molecule has 1 aliphatic rings. The first-order valence-corrected chi connectivity index (χ1v) is 19.6. The van der Waals surface area contributed by atoms with Gasteiger partial charge in [0, 0.05) is 12.5 Å². The maximum absolute atomic E-state index is 12.3. The fraction of sp³-hybridized carbons (Fsp3) is 0.575. The van der Waals surface area contributed by atoms with Crippen LogP contribution >= 0.6 is 0 Å². The minimum atomic E-state index is -0.890. The Balaban J connectivity index is 1.01. The molecule has 0 fully saturated rings. The molecule has 0 radical (unpaired) electrons. The molecule has 19 nitrogen and oxygen atoms in total. The van der Waals surface area contributed by atoms with Crippen molar-refractivity contribution >= 4 is 29.8 Å². The molecule has 19 heteroatoms. The molecule has 2 aromatic carbocycles. The lowest BCUT2D eigenvalue weighted by Crippen LogP contribution is -2.44. The van der Waals surface area contributed by atoms with E-state index in [0.29, 0.717) is 92.5 Å². The number of hydrogen-bond donors (Lipinski definition) is 5. The zero-order chi connectivity index (χ0) is 42.2. The number of ether oxygens (including phenoxy) is 9. The van der Waals surface area contributed by atoms with Gasteiger partial charge in [-0.3, -0.25) is 19.2 Å². The molecule has 0 atom stereocenters. The summed E-state index contributed by atoms with van der Waals surface area (Å²) in [7, 11) is 0. The van der Waals surface area contributed by atoms with E-state index in [1.807, 2.05) is 48.5 Å². The molecule has 59 heavy (non-hydrogen) atoms. The number of carboxylic acid groups (broad SMARTS) is 1. The van der Waals surface area contributed by atoms with Crippen molar-refractivity contribution in [2.45, 2.75) is 12.3 Å². The Labute approximate surface area is 344 Å². The van der Waals surface area contributed by atoms with Gasteiger partial charge in [-0.25, -0.2) is 4.79 Å². The quantitative estimate of drug-likeness (QED) is 0.0594. The highest BCUT2D eigenvalue weighted by Gasteiger charge is 2.29. The molecule has 3 rings (SSSR count). The van der Waals surface area contributed by atoms with Crippen LogP contribution < -0.4 is 21.3 Å². The van der Waals surface area contributed by atoms with Crippen molar-refractivity contribution in [3.05, 3.63) is 59.7 Å². The van der Waals surface area contributed by atoms with E-state index in [9.17, 15) is 24.0 Å². The first kappa shape index (κ1) is 48.6. The number of aliphatic carboxylic acids is 1. The molecular formula is C40H58N4O15. The molecule has 328 valence electrons. The van der Waals surface area contributed by atoms with Gasteiger partial charge in [0.1, 0.15) is 13.2 Å². The van der Waals surface area contributed by atoms with Crippen LogP contribution in [0.1, 0.15) is 23.5 Å². The number of carbonyl (C=O) groups excluding carboxylic acids is 4. The Hall–Kier alpha value is -4.73. The summed E-state index contributed by atoms with van der Waals surface area (Å²) in [5.41, 5.74) is 4.36. The van der Waals surface area contributed by atoms with Gasteiger partial charge in [-0.1, -0.05) is 48.5 Å². The number of amides is 4. The Morgan fingerprint density at radius 2 is 0.814 bits per heavy atom. The Morgan fingerprint density at radius 3 is 1.24 bits per heavy atom. The van der Waals surface area contributed by atoms with Crippen molar-refractivity contribution < 1.29 is 71.7 Å². The lowest BCUT2D eigenvalue weighted by molar-refractivity contribution is -0.138. The molecule has 0 unspecified atom stereocenters. The van der Waals surface area contributed by atoms with E-state index >= 15 is 0 Å². The second-order valence-electron chi connectivity index (χ2n) is 12.6. The summed E-state index contributed by atoms with van der Waals surface area (Å²) in [5.74, 6) is -2.58. The summed E-state index contributed by atoms with van der Waals surface area (Å²) in [6, 6.07) is 15.9. The van der Waals surface area contributed by atoms with Crippen LogP contribution in [0.5, 0.6) is 0 Å². The van der Waals surface area contributed by atoms with E-state index in [1.54, 1.807) is 0 Å². The highest BCUT2D eigenvalue weighted by molar-refractivity contribution is 5.89. The number of fused-ring (bicyclic) bond motifs is 3. The summed E-state index contributed by atoms with van der Waals surface area (Å²) >= 11 is 0. The minimum Gasteiger partial charge on any atom is -0.481 e. The predicted molar refractivity (Wildman–Crippen MR) is 211 cm³/mol. The van der Waals surface area contributed by atoms with Crippen LogP contribution in [0.15, 0.2) is 48.5 Å². The largest absolute Gasteiger partial charge is 0.481 e. The SMILES string of the molecule is O=C(O)CCOCCOCCOCCOCCOCCOCCOCCOCCNC(=O)CNC(=O)CNC(=O)CNC(=O)OCC1c2ccccc2-c2ccccc21. The smallest absolute Gasteiger partial charge is 0.407 e. The summed E-state index contributed by atoms with van der Waals surface area (Å²) < 4.78 is 48.4. The van der Waals surface area contributed by atoms with Gasteiger partial charge in [0.15, 0.2) is 0 Å². The Morgan fingerprint density at radius 1 is 0.458 bits per heavy atom. The number of nitrogens with one attached hydrogen (secondary N) is 4. The molecule has 4 amide bonds. The van der Waals surface area contributed by atoms with Gasteiger partial charge in [-0.05, 0) is 22.3 Å². The van der Waals surface area contributed by atoms with Gasteiger partial charge in [0.05, 0.1) is 125 Å². The summed E-state index contributed by atoms with van der Waals surface area (Å²) in [4.78, 5) is 58.8. The Bertz CT molecular complexity index is 1490. The summed E-state index contributed by atoms with van der Waals surface area (Å²) in [6.45, 7) is 5.41. The van der Waals surface area contributed by atoms with Gasteiger partial charge in [0.25, 0.3) is 0 Å². The maximum Gasteiger partial charge on any atom is 0.407 e. The average molecular weight is 835 g/mol. The van der Waals surface area contributed by atoms with Crippen molar-refractivity contribution in [3.8, 4) is 11.1 Å². The normalized spacial score (nSPS) is 11.7. The third-order valence-corrected chi connectivity index (χ3v) is 8.26. The van der Waals surface area contributed by atoms with Crippen molar-refractivity contribution in [3.63, 3.8) is 0 Å². The summed E-state index contributed by atoms with van der Waals surface area (Å²) in [6.07, 6.45) is -0.771. The lowest BCUT2D eigenvalue weighted by atomic mass is 9.98. The molecule has 0 aliphatic heterocycles. The van der Waals surface area contributed by atoms with Gasteiger partial charge in [-0.15, -0.1) is 0 Å². The standard InChI is InChI=1S/C40H58N4O15/c45-36(27-42-37(46)28-43-38(47)29-44-40(50)59-30-35-33-7-3-1-5-31(33)32-6-2-4-8-34(32)35)41-10-12-52-14-16-54-18-20-56-22-24-58-26-25-57-23-21-55-19-17-53-15-13-51-11-9-39(48)49/h1-8,35H,9-30H2,(H,41,45)(H,42,46)(H,43,47)(H,44,50)(H,48,49). The molecular weight excluding hydrogens is 776 g/mol. The molecule has 1 aliphatic carbocycles. The van der Waals surface area contributed by atoms with Crippen LogP contribution in [0.2, 0.25) is 0 Å². The van der Waals surface area contributed by atoms with E-state index in [2.05, 4.69) is 21.3 Å². The molecule has 0 aromatic heterocycles. The van der Waals surface area contributed by atoms with Crippen molar-refractivity contribution in [1.29, 1.82) is 0 Å². The number of hydrogen-bond acceptors (Lipinski definition) is 14. The second kappa shape index (κ2) is 31.2. The van der Waals surface area contributed by atoms with Gasteiger partial charge in [-0.2, -0.15) is 0 Å². The zero-order valence-electron chi connectivity index (χ0n) is 33.4. The molecule has 2 aromatic rings. The monoisotopic (exact) mass is 834 g/mol. The van der Waals surface area contributed by atoms with E-state index in [-0.39, 0.29) is 58.3 Å². The third kappa shape index (κ3) is 22.3. The third-order valence-electron chi connectivity index (χ3n) is 8.26.